The number of hydrogen-bond donors (Lipinski definition) is 2. The smallest absolute Gasteiger partial charge is 0.0774 e. The topological polar surface area (TPSA) is 32.3 Å². The fourth-order valence-corrected chi connectivity index (χ4v) is 2.42. The maximum absolute atomic E-state index is 10.3. The molecule has 0 heterocycles. The van der Waals surface area contributed by atoms with E-state index in [-0.39, 0.29) is 0 Å². The van der Waals surface area contributed by atoms with Crippen LogP contribution in [0.2, 0.25) is 0 Å². The van der Waals surface area contributed by atoms with Crippen LogP contribution in [0.15, 0.2) is 12.2 Å². The van der Waals surface area contributed by atoms with E-state index in [9.17, 15) is 5.11 Å². The van der Waals surface area contributed by atoms with Gasteiger partial charge >= 0.3 is 0 Å². The van der Waals surface area contributed by atoms with Gasteiger partial charge in [-0.05, 0) is 38.6 Å². The third-order valence-electron chi connectivity index (χ3n) is 3.25. The SMILES string of the molecule is C=C(C)CCNCC1(O)CCCC(C)C1. The third kappa shape index (κ3) is 4.80. The summed E-state index contributed by atoms with van der Waals surface area (Å²) in [6.07, 6.45) is 5.35. The van der Waals surface area contributed by atoms with Gasteiger partial charge in [0.05, 0.1) is 5.60 Å². The number of hydrogen-bond acceptors (Lipinski definition) is 2. The van der Waals surface area contributed by atoms with Crippen molar-refractivity contribution in [3.63, 3.8) is 0 Å². The maximum atomic E-state index is 10.3. The van der Waals surface area contributed by atoms with Crippen LogP contribution in [0.1, 0.15) is 46.0 Å². The van der Waals surface area contributed by atoms with Gasteiger partial charge in [-0.1, -0.05) is 25.3 Å². The molecule has 0 aromatic heterocycles. The lowest BCUT2D eigenvalue weighted by Crippen LogP contribution is -2.44. The number of aliphatic hydroxyl groups is 1. The summed E-state index contributed by atoms with van der Waals surface area (Å²) in [6, 6.07) is 0. The molecule has 1 fully saturated rings. The summed E-state index contributed by atoms with van der Waals surface area (Å²) >= 11 is 0. The van der Waals surface area contributed by atoms with Gasteiger partial charge in [-0.15, -0.1) is 6.58 Å². The predicted octanol–water partition coefficient (Wildman–Crippen LogP) is 2.48. The van der Waals surface area contributed by atoms with Crippen LogP contribution in [-0.2, 0) is 0 Å². The molecule has 0 aliphatic heterocycles. The molecular formula is C13H25NO. The standard InChI is InChI=1S/C13H25NO/c1-11(2)6-8-14-10-13(15)7-4-5-12(3)9-13/h12,14-15H,1,4-10H2,2-3H3. The summed E-state index contributed by atoms with van der Waals surface area (Å²) in [5.41, 5.74) is 0.749. The molecule has 1 aliphatic rings. The van der Waals surface area contributed by atoms with E-state index in [1.807, 2.05) is 6.92 Å². The van der Waals surface area contributed by atoms with Crippen LogP contribution < -0.4 is 5.32 Å². The fourth-order valence-electron chi connectivity index (χ4n) is 2.42. The Morgan fingerprint density at radius 2 is 2.33 bits per heavy atom. The quantitative estimate of drug-likeness (QED) is 0.541. The minimum absolute atomic E-state index is 0.452. The second-order valence-corrected chi connectivity index (χ2v) is 5.31. The molecule has 2 atom stereocenters. The van der Waals surface area contributed by atoms with Crippen LogP contribution in [0.4, 0.5) is 0 Å². The van der Waals surface area contributed by atoms with Crippen molar-refractivity contribution in [2.75, 3.05) is 13.1 Å². The largest absolute Gasteiger partial charge is 0.389 e. The summed E-state index contributed by atoms with van der Waals surface area (Å²) in [4.78, 5) is 0. The first-order valence-electron chi connectivity index (χ1n) is 6.09. The molecule has 1 aliphatic carbocycles. The first-order chi connectivity index (χ1) is 7.02. The van der Waals surface area contributed by atoms with Crippen molar-refractivity contribution in [2.24, 2.45) is 5.92 Å². The minimum Gasteiger partial charge on any atom is -0.389 e. The van der Waals surface area contributed by atoms with Gasteiger partial charge < -0.3 is 10.4 Å². The molecule has 0 saturated heterocycles. The molecule has 0 amide bonds. The van der Waals surface area contributed by atoms with E-state index in [4.69, 9.17) is 0 Å². The number of nitrogens with one attached hydrogen (secondary N) is 1. The van der Waals surface area contributed by atoms with Crippen LogP contribution in [0.25, 0.3) is 0 Å². The van der Waals surface area contributed by atoms with Crippen molar-refractivity contribution in [3.8, 4) is 0 Å². The second kappa shape index (κ2) is 5.66. The third-order valence-corrected chi connectivity index (χ3v) is 3.25. The van der Waals surface area contributed by atoms with Crippen LogP contribution in [0.3, 0.4) is 0 Å². The van der Waals surface area contributed by atoms with Crippen LogP contribution in [0, 0.1) is 5.92 Å². The van der Waals surface area contributed by atoms with Gasteiger partial charge in [-0.3, -0.25) is 0 Å². The summed E-state index contributed by atoms with van der Waals surface area (Å²) in [7, 11) is 0. The highest BCUT2D eigenvalue weighted by Gasteiger charge is 2.31. The molecule has 0 aromatic carbocycles. The normalized spacial score (nSPS) is 31.5. The van der Waals surface area contributed by atoms with Crippen molar-refractivity contribution >= 4 is 0 Å². The Labute approximate surface area is 93.8 Å². The fraction of sp³-hybridized carbons (Fsp3) is 0.846. The lowest BCUT2D eigenvalue weighted by Gasteiger charge is -2.35. The van der Waals surface area contributed by atoms with Crippen molar-refractivity contribution < 1.29 is 5.11 Å². The average Bonchev–Trinajstić information content (AvgIpc) is 2.12. The summed E-state index contributed by atoms with van der Waals surface area (Å²) < 4.78 is 0. The van der Waals surface area contributed by atoms with E-state index in [0.717, 1.165) is 32.4 Å². The number of rotatable bonds is 5. The van der Waals surface area contributed by atoms with Gasteiger partial charge in [0, 0.05) is 6.54 Å². The molecule has 0 aromatic rings. The van der Waals surface area contributed by atoms with E-state index in [2.05, 4.69) is 18.8 Å². The summed E-state index contributed by atoms with van der Waals surface area (Å²) in [5, 5.41) is 13.7. The minimum atomic E-state index is -0.452. The predicted molar refractivity (Wildman–Crippen MR) is 64.9 cm³/mol. The lowest BCUT2D eigenvalue weighted by atomic mass is 9.79. The molecule has 2 heteroatoms. The van der Waals surface area contributed by atoms with Crippen LogP contribution in [0.5, 0.6) is 0 Å². The lowest BCUT2D eigenvalue weighted by molar-refractivity contribution is -0.0114. The first kappa shape index (κ1) is 12.7. The van der Waals surface area contributed by atoms with Crippen molar-refractivity contribution in [1.82, 2.24) is 5.32 Å². The van der Waals surface area contributed by atoms with E-state index in [1.54, 1.807) is 0 Å². The van der Waals surface area contributed by atoms with Crippen molar-refractivity contribution in [2.45, 2.75) is 51.6 Å². The zero-order valence-electron chi connectivity index (χ0n) is 10.2. The summed E-state index contributed by atoms with van der Waals surface area (Å²) in [6.45, 7) is 9.82. The van der Waals surface area contributed by atoms with Gasteiger partial charge in [0.15, 0.2) is 0 Å². The van der Waals surface area contributed by atoms with Gasteiger partial charge in [0.2, 0.25) is 0 Å². The molecule has 0 radical (unpaired) electrons. The van der Waals surface area contributed by atoms with Gasteiger partial charge in [0.1, 0.15) is 0 Å². The van der Waals surface area contributed by atoms with Crippen molar-refractivity contribution in [1.29, 1.82) is 0 Å². The highest BCUT2D eigenvalue weighted by atomic mass is 16.3. The van der Waals surface area contributed by atoms with E-state index < -0.39 is 5.60 Å². The van der Waals surface area contributed by atoms with E-state index in [0.29, 0.717) is 5.92 Å². The molecule has 88 valence electrons. The van der Waals surface area contributed by atoms with E-state index >= 15 is 0 Å². The Kier molecular flexibility index (Phi) is 4.81. The van der Waals surface area contributed by atoms with Crippen LogP contribution in [-0.4, -0.2) is 23.8 Å². The van der Waals surface area contributed by atoms with Gasteiger partial charge in [-0.2, -0.15) is 0 Å². The van der Waals surface area contributed by atoms with Gasteiger partial charge in [0.25, 0.3) is 0 Å². The van der Waals surface area contributed by atoms with E-state index in [1.165, 1.54) is 18.4 Å². The van der Waals surface area contributed by atoms with Crippen molar-refractivity contribution in [3.05, 3.63) is 12.2 Å². The molecule has 1 saturated carbocycles. The first-order valence-corrected chi connectivity index (χ1v) is 6.09. The molecular weight excluding hydrogens is 186 g/mol. The van der Waals surface area contributed by atoms with Crippen LogP contribution >= 0.6 is 0 Å². The Morgan fingerprint density at radius 1 is 1.60 bits per heavy atom. The Bertz CT molecular complexity index is 215. The van der Waals surface area contributed by atoms with Gasteiger partial charge in [-0.25, -0.2) is 0 Å². The second-order valence-electron chi connectivity index (χ2n) is 5.31. The monoisotopic (exact) mass is 211 g/mol. The summed E-state index contributed by atoms with van der Waals surface area (Å²) in [5.74, 6) is 0.673. The molecule has 2 N–H and O–H groups in total. The zero-order valence-corrected chi connectivity index (χ0v) is 10.2. The average molecular weight is 211 g/mol. The molecule has 15 heavy (non-hydrogen) atoms. The molecule has 2 unspecified atom stereocenters. The molecule has 0 bridgehead atoms. The Hall–Kier alpha value is -0.340. The zero-order chi connectivity index (χ0) is 11.3. The highest BCUT2D eigenvalue weighted by molar-refractivity contribution is 4.90. The Balaban J connectivity index is 2.21. The maximum Gasteiger partial charge on any atom is 0.0774 e. The Morgan fingerprint density at radius 3 is 2.93 bits per heavy atom. The molecule has 2 nitrogen and oxygen atoms in total. The highest BCUT2D eigenvalue weighted by Crippen LogP contribution is 2.31. The molecule has 0 spiro atoms. The molecule has 1 rings (SSSR count).